The van der Waals surface area contributed by atoms with E-state index in [4.69, 9.17) is 9.47 Å². The number of phenolic OH excluding ortho intramolecular Hbond substituents is 2. The van der Waals surface area contributed by atoms with Crippen LogP contribution in [0.4, 0.5) is 34.1 Å². The molecule has 1 aliphatic rings. The zero-order chi connectivity index (χ0) is 52.9. The van der Waals surface area contributed by atoms with Crippen molar-refractivity contribution in [2.45, 2.75) is 32.5 Å². The lowest BCUT2D eigenvalue weighted by atomic mass is 10.0. The summed E-state index contributed by atoms with van der Waals surface area (Å²) in [5.74, 6) is -2.57. The van der Waals surface area contributed by atoms with Crippen molar-refractivity contribution in [2.75, 3.05) is 19.2 Å². The van der Waals surface area contributed by atoms with Crippen LogP contribution in [0.3, 0.4) is 0 Å². The first kappa shape index (κ1) is 51.2. The van der Waals surface area contributed by atoms with Crippen molar-refractivity contribution >= 4 is 108 Å². The predicted octanol–water partition coefficient (Wildman–Crippen LogP) is 8.78. The van der Waals surface area contributed by atoms with Gasteiger partial charge in [0.05, 0.1) is 46.5 Å². The van der Waals surface area contributed by atoms with Gasteiger partial charge in [-0.05, 0) is 102 Å². The highest BCUT2D eigenvalue weighted by atomic mass is 32.2. The molecule has 0 bridgehead atoms. The Hall–Kier alpha value is -8.16. The SMILES string of the molecule is COc1cc(-c2ccc(N=Nc3c(O)c(S(=O)(=O)O)cc4cc(S(=O)(=O)O)ccc34)c(OC)c2)ccc1N=Nc1c(S(=O)(=O)O)cc2cc(S(=O)(=O)O)cc(N=NC3C(=O)N(c4ccccc4)N=C3C)c2c1O. The van der Waals surface area contributed by atoms with Gasteiger partial charge in [0.1, 0.15) is 44.0 Å². The largest absolute Gasteiger partial charge is 0.505 e. The van der Waals surface area contributed by atoms with E-state index in [9.17, 15) is 66.9 Å². The molecular weight excluding hydrogens is 1040 g/mol. The second-order valence-electron chi connectivity index (χ2n) is 15.5. The summed E-state index contributed by atoms with van der Waals surface area (Å²) in [7, 11) is -17.6. The minimum Gasteiger partial charge on any atom is -0.505 e. The molecule has 0 saturated heterocycles. The Bertz CT molecular complexity index is 4080. The smallest absolute Gasteiger partial charge is 0.298 e. The molecule has 1 aliphatic heterocycles. The molecule has 73 heavy (non-hydrogen) atoms. The van der Waals surface area contributed by atoms with Crippen molar-refractivity contribution in [1.29, 1.82) is 0 Å². The summed E-state index contributed by atoms with van der Waals surface area (Å²) < 4.78 is 149. The molecule has 29 heteroatoms. The van der Waals surface area contributed by atoms with Gasteiger partial charge in [-0.2, -0.15) is 54.0 Å². The molecule has 376 valence electrons. The quantitative estimate of drug-likeness (QED) is 0.0437. The molecule has 7 aromatic rings. The fourth-order valence-electron chi connectivity index (χ4n) is 7.40. The number of hydrogen-bond acceptors (Lipinski definition) is 20. The molecule has 1 amide bonds. The third kappa shape index (κ3) is 10.3. The van der Waals surface area contributed by atoms with E-state index in [1.54, 1.807) is 36.4 Å². The molecule has 0 fully saturated rings. The second kappa shape index (κ2) is 19.1. The number of hydrazone groups is 1. The number of phenols is 2. The number of carbonyl (C=O) groups is 1. The topological polar surface area (TPSA) is 383 Å². The molecule has 1 heterocycles. The van der Waals surface area contributed by atoms with E-state index in [1.807, 2.05) is 0 Å². The average Bonchev–Trinajstić information content (AvgIpc) is 3.62. The van der Waals surface area contributed by atoms with Gasteiger partial charge in [-0.15, -0.1) is 20.5 Å². The van der Waals surface area contributed by atoms with Crippen LogP contribution in [0.25, 0.3) is 32.7 Å². The van der Waals surface area contributed by atoms with E-state index in [-0.39, 0.29) is 50.1 Å². The van der Waals surface area contributed by atoms with Crippen molar-refractivity contribution in [3.8, 4) is 34.1 Å². The third-order valence-electron chi connectivity index (χ3n) is 10.9. The maximum atomic E-state index is 13.4. The predicted molar refractivity (Wildman–Crippen MR) is 259 cm³/mol. The first-order valence-electron chi connectivity index (χ1n) is 20.4. The van der Waals surface area contributed by atoms with Crippen molar-refractivity contribution in [3.05, 3.63) is 109 Å². The summed E-state index contributed by atoms with van der Waals surface area (Å²) in [5.41, 5.74) is -0.384. The van der Waals surface area contributed by atoms with Gasteiger partial charge in [0.2, 0.25) is 0 Å². The molecule has 1 unspecified atom stereocenters. The van der Waals surface area contributed by atoms with Gasteiger partial charge in [0.15, 0.2) is 17.5 Å². The van der Waals surface area contributed by atoms with Crippen LogP contribution >= 0.6 is 0 Å². The number of benzene rings is 7. The number of anilines is 1. The van der Waals surface area contributed by atoms with Gasteiger partial charge in [-0.1, -0.05) is 36.4 Å². The van der Waals surface area contributed by atoms with Crippen molar-refractivity contribution in [1.82, 2.24) is 0 Å². The van der Waals surface area contributed by atoms with Gasteiger partial charge >= 0.3 is 0 Å². The minimum absolute atomic E-state index is 0.0194. The number of carbonyl (C=O) groups excluding carboxylic acids is 1. The Labute approximate surface area is 413 Å². The number of para-hydroxylation sites is 1. The summed E-state index contributed by atoms with van der Waals surface area (Å²) in [6.45, 7) is 1.49. The van der Waals surface area contributed by atoms with Crippen LogP contribution in [-0.4, -0.2) is 94.0 Å². The van der Waals surface area contributed by atoms with Crippen molar-refractivity contribution in [2.24, 2.45) is 35.8 Å². The second-order valence-corrected chi connectivity index (χ2v) is 21.1. The maximum absolute atomic E-state index is 13.4. The van der Waals surface area contributed by atoms with Gasteiger partial charge in [0, 0.05) is 5.39 Å². The van der Waals surface area contributed by atoms with Gasteiger partial charge in [-0.3, -0.25) is 23.0 Å². The molecule has 25 nitrogen and oxygen atoms in total. The van der Waals surface area contributed by atoms with Crippen LogP contribution in [-0.2, 0) is 45.3 Å². The number of methoxy groups -OCH3 is 2. The Morgan fingerprint density at radius 3 is 1.64 bits per heavy atom. The van der Waals surface area contributed by atoms with E-state index in [2.05, 4.69) is 35.8 Å². The zero-order valence-corrected chi connectivity index (χ0v) is 40.6. The van der Waals surface area contributed by atoms with E-state index < -0.39 is 101 Å². The number of fused-ring (bicyclic) bond motifs is 2. The van der Waals surface area contributed by atoms with Gasteiger partial charge in [0.25, 0.3) is 46.4 Å². The third-order valence-corrected chi connectivity index (χ3v) is 14.3. The molecule has 6 N–H and O–H groups in total. The number of amides is 1. The fourth-order valence-corrected chi connectivity index (χ4v) is 9.73. The normalized spacial score (nSPS) is 14.8. The Morgan fingerprint density at radius 1 is 0.548 bits per heavy atom. The molecule has 0 aromatic heterocycles. The molecule has 8 rings (SSSR count). The summed E-state index contributed by atoms with van der Waals surface area (Å²) in [5, 5.41) is 51.2. The highest BCUT2D eigenvalue weighted by Crippen LogP contribution is 2.48. The molecular formula is C44H34N8O17S4. The highest BCUT2D eigenvalue weighted by molar-refractivity contribution is 7.86. The van der Waals surface area contributed by atoms with Crippen LogP contribution < -0.4 is 14.5 Å². The monoisotopic (exact) mass is 1070 g/mol. The van der Waals surface area contributed by atoms with Crippen LogP contribution in [0.1, 0.15) is 6.92 Å². The highest BCUT2D eigenvalue weighted by Gasteiger charge is 2.35. The van der Waals surface area contributed by atoms with Crippen LogP contribution in [0.2, 0.25) is 0 Å². The van der Waals surface area contributed by atoms with E-state index in [0.29, 0.717) is 16.8 Å². The number of ether oxygens (including phenoxy) is 2. The average molecular weight is 1080 g/mol. The Balaban J connectivity index is 1.15. The lowest BCUT2D eigenvalue weighted by molar-refractivity contribution is -0.117. The Morgan fingerprint density at radius 2 is 1.10 bits per heavy atom. The van der Waals surface area contributed by atoms with Crippen LogP contribution in [0.15, 0.2) is 165 Å². The lowest BCUT2D eigenvalue weighted by Crippen LogP contribution is -2.29. The van der Waals surface area contributed by atoms with E-state index in [0.717, 1.165) is 47.5 Å². The standard InChI is InChI=1S/C44H34N8O17S4/c1-22-39(44(55)52(51-22)27-7-5-4-6-8-27)48-47-33-21-29(71(59,60)61)16-26-20-36(72(62,63)64)41(43(54)38(26)33)50-46-32-14-10-24(18-35(32)69-3)23-9-13-31(34(17-23)68-2)45-49-40-30-12-11-28(70(56,57)58)15-25(30)19-37(42(40)53)73(65,66)67/h4-21,39,53-54H,1-3H3,(H,56,57,58)(H,59,60,61)(H,62,63,64)(H,65,66,67). The summed E-state index contributed by atoms with van der Waals surface area (Å²) in [6.07, 6.45) is 0. The summed E-state index contributed by atoms with van der Waals surface area (Å²) >= 11 is 0. The van der Waals surface area contributed by atoms with Crippen molar-refractivity contribution < 1.29 is 76.4 Å². The molecule has 0 radical (unpaired) electrons. The van der Waals surface area contributed by atoms with Crippen molar-refractivity contribution in [3.63, 3.8) is 0 Å². The maximum Gasteiger partial charge on any atom is 0.298 e. The van der Waals surface area contributed by atoms with Crippen LogP contribution in [0, 0.1) is 0 Å². The molecule has 7 aromatic carbocycles. The minimum atomic E-state index is -5.28. The first-order valence-corrected chi connectivity index (χ1v) is 26.1. The molecule has 0 aliphatic carbocycles. The van der Waals surface area contributed by atoms with Gasteiger partial charge in [-0.25, -0.2) is 0 Å². The summed E-state index contributed by atoms with van der Waals surface area (Å²) in [6, 6.07) is 21.9. The number of nitrogens with zero attached hydrogens (tertiary/aromatic N) is 8. The molecule has 0 saturated carbocycles. The van der Waals surface area contributed by atoms with Crippen LogP contribution in [0.5, 0.6) is 23.0 Å². The summed E-state index contributed by atoms with van der Waals surface area (Å²) in [4.78, 5) is 9.86. The number of azo groups is 3. The number of rotatable bonds is 14. The van der Waals surface area contributed by atoms with E-state index in [1.165, 1.54) is 51.5 Å². The Kier molecular flexibility index (Phi) is 13.4. The molecule has 1 atom stereocenters. The molecule has 0 spiro atoms. The van der Waals surface area contributed by atoms with Gasteiger partial charge < -0.3 is 19.7 Å². The first-order chi connectivity index (χ1) is 34.3. The number of hydrogen-bond donors (Lipinski definition) is 6. The van der Waals surface area contributed by atoms with E-state index >= 15 is 0 Å². The fraction of sp³-hybridized carbons (Fsp3) is 0.0909. The number of aromatic hydroxyl groups is 2. The lowest BCUT2D eigenvalue weighted by Gasteiger charge is -2.13. The zero-order valence-electron chi connectivity index (χ0n) is 37.4.